The molecule has 6 heteroatoms. The Hall–Kier alpha value is -2.83. The fraction of sp³-hybridized carbons (Fsp3) is 0.0909. The lowest BCUT2D eigenvalue weighted by atomic mass is 10.1. The lowest BCUT2D eigenvalue weighted by Gasteiger charge is -2.17. The van der Waals surface area contributed by atoms with E-state index < -0.39 is 0 Å². The second-order valence-electron chi connectivity index (χ2n) is 6.12. The highest BCUT2D eigenvalue weighted by atomic mass is 32.2. The van der Waals surface area contributed by atoms with Crippen molar-refractivity contribution in [2.75, 3.05) is 19.1 Å². The van der Waals surface area contributed by atoms with Crippen LogP contribution >= 0.6 is 24.0 Å². The summed E-state index contributed by atoms with van der Waals surface area (Å²) in [5.41, 5.74) is 1.59. The van der Waals surface area contributed by atoms with E-state index in [1.54, 1.807) is 25.2 Å². The molecule has 1 aliphatic heterocycles. The largest absolute Gasteiger partial charge is 0.497 e. The molecule has 140 valence electrons. The molecule has 0 bridgehead atoms. The maximum Gasteiger partial charge on any atom is 0.270 e. The summed E-state index contributed by atoms with van der Waals surface area (Å²) in [6.07, 6.45) is 1.81. The molecule has 0 unspecified atom stereocenters. The number of hydrogen-bond acceptors (Lipinski definition) is 5. The van der Waals surface area contributed by atoms with Gasteiger partial charge in [0.15, 0.2) is 4.32 Å². The van der Waals surface area contributed by atoms with Crippen LogP contribution in [0.5, 0.6) is 11.5 Å². The predicted molar refractivity (Wildman–Crippen MR) is 119 cm³/mol. The normalized spacial score (nSPS) is 15.5. The Labute approximate surface area is 172 Å². The van der Waals surface area contributed by atoms with Crippen LogP contribution in [0.25, 0.3) is 16.8 Å². The fourth-order valence-corrected chi connectivity index (χ4v) is 4.43. The fourth-order valence-electron chi connectivity index (χ4n) is 3.16. The monoisotopic (exact) mass is 407 g/mol. The van der Waals surface area contributed by atoms with E-state index in [2.05, 4.69) is 0 Å². The summed E-state index contributed by atoms with van der Waals surface area (Å²) in [6.45, 7) is 0. The first kappa shape index (κ1) is 18.5. The van der Waals surface area contributed by atoms with Crippen molar-refractivity contribution >= 4 is 56.7 Å². The molecule has 1 heterocycles. The van der Waals surface area contributed by atoms with Crippen molar-refractivity contribution in [3.8, 4) is 11.5 Å². The van der Waals surface area contributed by atoms with Gasteiger partial charge in [0.1, 0.15) is 11.5 Å². The Morgan fingerprint density at radius 2 is 1.79 bits per heavy atom. The van der Waals surface area contributed by atoms with Crippen molar-refractivity contribution in [1.29, 1.82) is 0 Å². The second-order valence-corrected chi connectivity index (χ2v) is 7.80. The van der Waals surface area contributed by atoms with Crippen molar-refractivity contribution in [1.82, 2.24) is 0 Å². The number of anilines is 1. The molecular weight excluding hydrogens is 390 g/mol. The van der Waals surface area contributed by atoms with Crippen LogP contribution in [0.3, 0.4) is 0 Å². The SMILES string of the molecule is COc1ccc(/C=C2/SC(=S)N(c3cccc4ccccc34)C2=O)c(OC)c1. The number of rotatable bonds is 4. The summed E-state index contributed by atoms with van der Waals surface area (Å²) >= 11 is 6.82. The van der Waals surface area contributed by atoms with Gasteiger partial charge in [0, 0.05) is 17.0 Å². The number of carbonyl (C=O) groups is 1. The van der Waals surface area contributed by atoms with Crippen LogP contribution in [0.4, 0.5) is 5.69 Å². The summed E-state index contributed by atoms with van der Waals surface area (Å²) in [5, 5.41) is 2.06. The van der Waals surface area contributed by atoms with E-state index in [9.17, 15) is 4.79 Å². The summed E-state index contributed by atoms with van der Waals surface area (Å²) in [7, 11) is 3.19. The highest BCUT2D eigenvalue weighted by Crippen LogP contribution is 2.40. The van der Waals surface area contributed by atoms with Crippen molar-refractivity contribution in [3.63, 3.8) is 0 Å². The number of thiocarbonyl (C=S) groups is 1. The highest BCUT2D eigenvalue weighted by Gasteiger charge is 2.34. The number of benzene rings is 3. The van der Waals surface area contributed by atoms with Gasteiger partial charge in [-0.15, -0.1) is 0 Å². The Bertz CT molecular complexity index is 1120. The third-order valence-corrected chi connectivity index (χ3v) is 5.83. The summed E-state index contributed by atoms with van der Waals surface area (Å²) in [6, 6.07) is 19.3. The summed E-state index contributed by atoms with van der Waals surface area (Å²) in [4.78, 5) is 15.3. The van der Waals surface area contributed by atoms with Crippen LogP contribution in [-0.2, 0) is 4.79 Å². The number of methoxy groups -OCH3 is 2. The molecule has 1 saturated heterocycles. The number of nitrogens with zero attached hydrogens (tertiary/aromatic N) is 1. The van der Waals surface area contributed by atoms with Crippen LogP contribution in [0, 0.1) is 0 Å². The first-order chi connectivity index (χ1) is 13.6. The Morgan fingerprint density at radius 3 is 2.57 bits per heavy atom. The number of ether oxygens (including phenoxy) is 2. The maximum atomic E-state index is 13.2. The van der Waals surface area contributed by atoms with Gasteiger partial charge < -0.3 is 9.47 Å². The molecule has 1 fully saturated rings. The van der Waals surface area contributed by atoms with E-state index in [1.165, 1.54) is 11.8 Å². The van der Waals surface area contributed by atoms with E-state index in [1.807, 2.05) is 60.7 Å². The molecule has 0 radical (unpaired) electrons. The van der Waals surface area contributed by atoms with E-state index >= 15 is 0 Å². The van der Waals surface area contributed by atoms with Gasteiger partial charge in [-0.1, -0.05) is 60.4 Å². The average molecular weight is 408 g/mol. The van der Waals surface area contributed by atoms with Crippen LogP contribution in [0.1, 0.15) is 5.56 Å². The van der Waals surface area contributed by atoms with Crippen molar-refractivity contribution < 1.29 is 14.3 Å². The standard InChI is InChI=1S/C22H17NO3S2/c1-25-16-11-10-15(19(13-16)26-2)12-20-21(24)23(22(27)28-20)18-9-5-7-14-6-3-4-8-17(14)18/h3-13H,1-2H3/b20-12+. The molecule has 4 rings (SSSR count). The second kappa shape index (κ2) is 7.66. The number of thioether (sulfide) groups is 1. The van der Waals surface area contributed by atoms with Gasteiger partial charge in [0.25, 0.3) is 5.91 Å². The molecule has 0 aliphatic carbocycles. The molecule has 0 saturated carbocycles. The lowest BCUT2D eigenvalue weighted by molar-refractivity contribution is -0.113. The van der Waals surface area contributed by atoms with Crippen molar-refractivity contribution in [2.24, 2.45) is 0 Å². The van der Waals surface area contributed by atoms with Crippen molar-refractivity contribution in [2.45, 2.75) is 0 Å². The van der Waals surface area contributed by atoms with E-state index in [0.717, 1.165) is 22.0 Å². The lowest BCUT2D eigenvalue weighted by Crippen LogP contribution is -2.27. The minimum atomic E-state index is -0.135. The number of hydrogen-bond donors (Lipinski definition) is 0. The van der Waals surface area contributed by atoms with Gasteiger partial charge >= 0.3 is 0 Å². The number of amides is 1. The third kappa shape index (κ3) is 3.25. The first-order valence-corrected chi connectivity index (χ1v) is 9.82. The Kier molecular flexibility index (Phi) is 5.07. The zero-order chi connectivity index (χ0) is 19.7. The van der Waals surface area contributed by atoms with Crippen LogP contribution in [0.15, 0.2) is 65.6 Å². The van der Waals surface area contributed by atoms with Crippen LogP contribution in [0.2, 0.25) is 0 Å². The predicted octanol–water partition coefficient (Wildman–Crippen LogP) is 5.26. The number of carbonyl (C=O) groups excluding carboxylic acids is 1. The molecule has 3 aromatic rings. The summed E-state index contributed by atoms with van der Waals surface area (Å²) in [5.74, 6) is 1.19. The maximum absolute atomic E-state index is 13.2. The molecule has 28 heavy (non-hydrogen) atoms. The molecule has 4 nitrogen and oxygen atoms in total. The average Bonchev–Trinajstić information content (AvgIpc) is 3.00. The molecular formula is C22H17NO3S2. The first-order valence-electron chi connectivity index (χ1n) is 8.60. The van der Waals surface area contributed by atoms with Crippen LogP contribution < -0.4 is 14.4 Å². The molecule has 0 N–H and O–H groups in total. The van der Waals surface area contributed by atoms with Crippen molar-refractivity contribution in [3.05, 3.63) is 71.1 Å². The van der Waals surface area contributed by atoms with Gasteiger partial charge in [-0.3, -0.25) is 9.69 Å². The molecule has 0 atom stereocenters. The molecule has 0 aromatic heterocycles. The number of fused-ring (bicyclic) bond motifs is 1. The molecule has 3 aromatic carbocycles. The van der Waals surface area contributed by atoms with E-state index in [-0.39, 0.29) is 5.91 Å². The van der Waals surface area contributed by atoms with Gasteiger partial charge in [-0.05, 0) is 29.7 Å². The van der Waals surface area contributed by atoms with Gasteiger partial charge in [0.05, 0.1) is 24.8 Å². The Balaban J connectivity index is 1.75. The topological polar surface area (TPSA) is 38.8 Å². The smallest absolute Gasteiger partial charge is 0.270 e. The quantitative estimate of drug-likeness (QED) is 0.436. The third-order valence-electron chi connectivity index (χ3n) is 4.53. The van der Waals surface area contributed by atoms with Gasteiger partial charge in [-0.2, -0.15) is 0 Å². The molecule has 0 spiro atoms. The van der Waals surface area contributed by atoms with Gasteiger partial charge in [-0.25, -0.2) is 0 Å². The van der Waals surface area contributed by atoms with E-state index in [0.29, 0.717) is 20.7 Å². The Morgan fingerprint density at radius 1 is 1.00 bits per heavy atom. The summed E-state index contributed by atoms with van der Waals surface area (Å²) < 4.78 is 11.2. The minimum absolute atomic E-state index is 0.135. The van der Waals surface area contributed by atoms with Crippen LogP contribution in [-0.4, -0.2) is 24.4 Å². The zero-order valence-electron chi connectivity index (χ0n) is 15.3. The molecule has 1 aliphatic rings. The minimum Gasteiger partial charge on any atom is -0.497 e. The molecule has 1 amide bonds. The van der Waals surface area contributed by atoms with Gasteiger partial charge in [0.2, 0.25) is 0 Å². The highest BCUT2D eigenvalue weighted by molar-refractivity contribution is 8.27. The van der Waals surface area contributed by atoms with E-state index in [4.69, 9.17) is 21.7 Å². The zero-order valence-corrected chi connectivity index (χ0v) is 17.0.